The van der Waals surface area contributed by atoms with Crippen LogP contribution in [0.4, 0.5) is 0 Å². The van der Waals surface area contributed by atoms with Crippen LogP contribution in [0.15, 0.2) is 0 Å². The van der Waals surface area contributed by atoms with Gasteiger partial charge in [-0.25, -0.2) is 0 Å². The second-order valence-electron chi connectivity index (χ2n) is 4.88. The molecule has 0 amide bonds. The fourth-order valence-corrected chi connectivity index (χ4v) is 3.47. The minimum absolute atomic E-state index is 0.942. The summed E-state index contributed by atoms with van der Waals surface area (Å²) in [4.78, 5) is 0. The molecule has 2 bridgehead atoms. The van der Waals surface area contributed by atoms with Crippen LogP contribution in [0.5, 0.6) is 0 Å². The quantitative estimate of drug-likeness (QED) is 0.423. The molecule has 0 aromatic rings. The molecule has 11 heavy (non-hydrogen) atoms. The molecular weight excluding hydrogens is 133 g/mol. The van der Waals surface area contributed by atoms with Gasteiger partial charge in [-0.05, 0) is 30.6 Å². The Hall–Kier alpha value is 0.0249. The second-order valence-corrected chi connectivity index (χ2v) is 4.88. The molecule has 1 nitrogen and oxygen atoms in total. The predicted octanol–water partition coefficient (Wildman–Crippen LogP) is 0.426. The maximum Gasteiger partial charge on any atom is 0.105 e. The molecule has 0 aromatic carbocycles. The highest BCUT2D eigenvalue weighted by Gasteiger charge is 2.48. The van der Waals surface area contributed by atoms with Crippen LogP contribution in [-0.4, -0.2) is 20.4 Å². The Morgan fingerprint density at radius 1 is 1.09 bits per heavy atom. The largest absolute Gasteiger partial charge is 0.311 e. The molecule has 3 aliphatic rings. The van der Waals surface area contributed by atoms with Gasteiger partial charge in [0.05, 0.1) is 0 Å². The lowest BCUT2D eigenvalue weighted by molar-refractivity contribution is 0.328. The van der Waals surface area contributed by atoms with E-state index in [1.807, 2.05) is 0 Å². The standard InChI is InChI=1S/C9H16BN/c10-8-3-5-1-6(8)2-7(5)9-4-11-9/h5-9,11H,1-4,10H2/t5?,6?,7?,8?,9-/m0/s1. The highest BCUT2D eigenvalue weighted by atomic mass is 15.1. The summed E-state index contributed by atoms with van der Waals surface area (Å²) in [7, 11) is 2.45. The summed E-state index contributed by atoms with van der Waals surface area (Å²) in [6, 6.07) is 0.942. The van der Waals surface area contributed by atoms with E-state index in [0.717, 1.165) is 29.6 Å². The van der Waals surface area contributed by atoms with Gasteiger partial charge in [-0.1, -0.05) is 12.2 Å². The number of rotatable bonds is 1. The molecule has 0 radical (unpaired) electrons. The molecule has 0 spiro atoms. The van der Waals surface area contributed by atoms with Crippen molar-refractivity contribution in [1.29, 1.82) is 0 Å². The topological polar surface area (TPSA) is 21.9 Å². The van der Waals surface area contributed by atoms with E-state index < -0.39 is 0 Å². The van der Waals surface area contributed by atoms with Crippen molar-refractivity contribution in [2.75, 3.05) is 6.54 Å². The summed E-state index contributed by atoms with van der Waals surface area (Å²) in [6.07, 6.45) is 4.64. The summed E-state index contributed by atoms with van der Waals surface area (Å²) < 4.78 is 0. The van der Waals surface area contributed by atoms with Crippen molar-refractivity contribution >= 4 is 7.85 Å². The van der Waals surface area contributed by atoms with E-state index in [4.69, 9.17) is 0 Å². The van der Waals surface area contributed by atoms with Crippen LogP contribution in [0.25, 0.3) is 0 Å². The third-order valence-corrected chi connectivity index (χ3v) is 4.22. The van der Waals surface area contributed by atoms with Crippen molar-refractivity contribution in [3.63, 3.8) is 0 Å². The first kappa shape index (κ1) is 6.53. The fourth-order valence-electron chi connectivity index (χ4n) is 3.47. The predicted molar refractivity (Wildman–Crippen MR) is 48.4 cm³/mol. The van der Waals surface area contributed by atoms with E-state index in [-0.39, 0.29) is 0 Å². The Bertz CT molecular complexity index is 176. The molecule has 3 rings (SSSR count). The molecule has 1 saturated heterocycles. The monoisotopic (exact) mass is 149 g/mol. The Labute approximate surface area is 69.3 Å². The van der Waals surface area contributed by atoms with Gasteiger partial charge >= 0.3 is 0 Å². The Morgan fingerprint density at radius 3 is 2.36 bits per heavy atom. The van der Waals surface area contributed by atoms with Crippen molar-refractivity contribution in [2.45, 2.75) is 31.1 Å². The van der Waals surface area contributed by atoms with E-state index in [0.29, 0.717) is 0 Å². The summed E-state index contributed by atoms with van der Waals surface area (Å²) >= 11 is 0. The minimum Gasteiger partial charge on any atom is -0.311 e. The molecule has 0 aromatic heterocycles. The molecule has 1 N–H and O–H groups in total. The van der Waals surface area contributed by atoms with E-state index in [1.54, 1.807) is 12.8 Å². The summed E-state index contributed by atoms with van der Waals surface area (Å²) in [5.41, 5.74) is 0. The fraction of sp³-hybridized carbons (Fsp3) is 1.00. The highest BCUT2D eigenvalue weighted by molar-refractivity contribution is 6.12. The maximum absolute atomic E-state index is 3.48. The Morgan fingerprint density at radius 2 is 1.91 bits per heavy atom. The zero-order valence-corrected chi connectivity index (χ0v) is 7.22. The molecule has 4 unspecified atom stereocenters. The lowest BCUT2D eigenvalue weighted by Crippen LogP contribution is -2.20. The van der Waals surface area contributed by atoms with Gasteiger partial charge in [-0.2, -0.15) is 0 Å². The number of hydrogen-bond acceptors (Lipinski definition) is 1. The average molecular weight is 149 g/mol. The van der Waals surface area contributed by atoms with Crippen molar-refractivity contribution in [3.8, 4) is 0 Å². The van der Waals surface area contributed by atoms with Crippen molar-refractivity contribution < 1.29 is 0 Å². The highest BCUT2D eigenvalue weighted by Crippen LogP contribution is 2.55. The zero-order valence-electron chi connectivity index (χ0n) is 7.22. The molecule has 2 saturated carbocycles. The van der Waals surface area contributed by atoms with E-state index >= 15 is 0 Å². The van der Waals surface area contributed by atoms with E-state index in [2.05, 4.69) is 13.2 Å². The summed E-state index contributed by atoms with van der Waals surface area (Å²) in [5, 5.41) is 3.48. The van der Waals surface area contributed by atoms with Gasteiger partial charge in [-0.3, -0.25) is 0 Å². The van der Waals surface area contributed by atoms with Crippen LogP contribution in [-0.2, 0) is 0 Å². The van der Waals surface area contributed by atoms with Crippen molar-refractivity contribution in [1.82, 2.24) is 5.32 Å². The maximum atomic E-state index is 3.48. The first-order valence-electron chi connectivity index (χ1n) is 5.08. The van der Waals surface area contributed by atoms with Gasteiger partial charge in [0.2, 0.25) is 0 Å². The number of nitrogens with one attached hydrogen (secondary N) is 1. The number of hydrogen-bond donors (Lipinski definition) is 1. The van der Waals surface area contributed by atoms with E-state index in [1.165, 1.54) is 13.0 Å². The van der Waals surface area contributed by atoms with Crippen LogP contribution in [0, 0.1) is 17.8 Å². The normalized spacial score (nSPS) is 60.2. The molecule has 1 heterocycles. The van der Waals surface area contributed by atoms with Gasteiger partial charge in [0.1, 0.15) is 7.85 Å². The Balaban J connectivity index is 1.75. The van der Waals surface area contributed by atoms with Gasteiger partial charge < -0.3 is 5.32 Å². The van der Waals surface area contributed by atoms with Crippen LogP contribution in [0.2, 0.25) is 5.82 Å². The minimum atomic E-state index is 0.942. The lowest BCUT2D eigenvalue weighted by atomic mass is 9.71. The molecule has 1 aliphatic heterocycles. The SMILES string of the molecule is BC1CC2CC1CC2[C@@H]1CN1. The van der Waals surface area contributed by atoms with Crippen LogP contribution < -0.4 is 5.32 Å². The summed E-state index contributed by atoms with van der Waals surface area (Å²) in [5.74, 6) is 4.34. The summed E-state index contributed by atoms with van der Waals surface area (Å²) in [6.45, 7) is 1.32. The first-order valence-corrected chi connectivity index (χ1v) is 5.08. The molecule has 2 heteroatoms. The van der Waals surface area contributed by atoms with Gasteiger partial charge in [0.25, 0.3) is 0 Å². The molecule has 3 fully saturated rings. The second kappa shape index (κ2) is 2.04. The van der Waals surface area contributed by atoms with Crippen LogP contribution in [0.1, 0.15) is 19.3 Å². The van der Waals surface area contributed by atoms with Gasteiger partial charge in [0, 0.05) is 12.6 Å². The molecule has 60 valence electrons. The van der Waals surface area contributed by atoms with Crippen LogP contribution >= 0.6 is 0 Å². The zero-order chi connectivity index (χ0) is 7.42. The molecule has 5 atom stereocenters. The van der Waals surface area contributed by atoms with E-state index in [9.17, 15) is 0 Å². The van der Waals surface area contributed by atoms with Crippen LogP contribution in [0.3, 0.4) is 0 Å². The third-order valence-electron chi connectivity index (χ3n) is 4.22. The van der Waals surface area contributed by atoms with Gasteiger partial charge in [0.15, 0.2) is 0 Å². The average Bonchev–Trinajstić information content (AvgIpc) is 2.67. The first-order chi connectivity index (χ1) is 5.34. The smallest absolute Gasteiger partial charge is 0.105 e. The molecule has 2 aliphatic carbocycles. The third kappa shape index (κ3) is 0.884. The Kier molecular flexibility index (Phi) is 1.21. The molecular formula is C9H16BN. The number of fused-ring (bicyclic) bond motifs is 2. The lowest BCUT2D eigenvalue weighted by Gasteiger charge is -2.24. The van der Waals surface area contributed by atoms with Gasteiger partial charge in [-0.15, -0.1) is 0 Å². The van der Waals surface area contributed by atoms with Crippen molar-refractivity contribution in [2.24, 2.45) is 17.8 Å². The van der Waals surface area contributed by atoms with Crippen molar-refractivity contribution in [3.05, 3.63) is 0 Å².